The van der Waals surface area contributed by atoms with Crippen molar-refractivity contribution in [1.82, 2.24) is 0 Å². The summed E-state index contributed by atoms with van der Waals surface area (Å²) in [6, 6.07) is 11.9. The molecule has 0 saturated heterocycles. The van der Waals surface area contributed by atoms with Crippen LogP contribution in [0, 0.1) is 0 Å². The van der Waals surface area contributed by atoms with Crippen molar-refractivity contribution < 1.29 is 24.2 Å². The molecular weight excluding hydrogens is 332 g/mol. The van der Waals surface area contributed by atoms with Crippen LogP contribution < -0.4 is 9.47 Å². The molecule has 1 N–H and O–H groups in total. The molecule has 0 unspecified atom stereocenters. The molecule has 5 heteroatoms. The predicted octanol–water partition coefficient (Wildman–Crippen LogP) is 3.81. The van der Waals surface area contributed by atoms with Gasteiger partial charge >= 0.3 is 11.9 Å². The van der Waals surface area contributed by atoms with E-state index in [1.165, 1.54) is 0 Å². The summed E-state index contributed by atoms with van der Waals surface area (Å²) in [5, 5.41) is 9.65. The largest absolute Gasteiger partial charge is 0.423 e. The van der Waals surface area contributed by atoms with E-state index in [0.717, 1.165) is 11.1 Å². The van der Waals surface area contributed by atoms with Gasteiger partial charge in [-0.1, -0.05) is 31.4 Å². The number of benzene rings is 2. The Hall–Kier alpha value is -3.18. The number of ether oxygens (including phenoxy) is 2. The molecule has 5 nitrogen and oxygen atoms in total. The summed E-state index contributed by atoms with van der Waals surface area (Å²) in [6.45, 7) is 9.98. The fraction of sp³-hybridized carbons (Fsp3) is 0.143. The lowest BCUT2D eigenvalue weighted by atomic mass is 9.99. The minimum atomic E-state index is -0.523. The number of hydrogen-bond acceptors (Lipinski definition) is 5. The molecule has 0 amide bonds. The normalized spacial score (nSPS) is 10.1. The highest BCUT2D eigenvalue weighted by molar-refractivity contribution is 5.89. The third-order valence-electron chi connectivity index (χ3n) is 3.53. The van der Waals surface area contributed by atoms with Gasteiger partial charge in [-0.3, -0.25) is 0 Å². The summed E-state index contributed by atoms with van der Waals surface area (Å²) in [5.74, 6) is -0.278. The molecule has 0 bridgehead atoms. The third kappa shape index (κ3) is 4.68. The number of aliphatic hydroxyl groups is 1. The Labute approximate surface area is 152 Å². The highest BCUT2D eigenvalue weighted by Gasteiger charge is 2.11. The second-order valence-corrected chi connectivity index (χ2v) is 5.84. The molecule has 2 aromatic rings. The Morgan fingerprint density at radius 1 is 0.885 bits per heavy atom. The van der Waals surface area contributed by atoms with Gasteiger partial charge in [0.2, 0.25) is 0 Å². The first-order valence-electron chi connectivity index (χ1n) is 7.91. The maximum Gasteiger partial charge on any atom is 0.338 e. The smallest absolute Gasteiger partial charge is 0.338 e. The zero-order valence-corrected chi connectivity index (χ0v) is 14.7. The first-order chi connectivity index (χ1) is 12.3. The monoisotopic (exact) mass is 352 g/mol. The van der Waals surface area contributed by atoms with Crippen LogP contribution in [0.3, 0.4) is 0 Å². The second-order valence-electron chi connectivity index (χ2n) is 5.84. The summed E-state index contributed by atoms with van der Waals surface area (Å²) in [6.07, 6.45) is 0. The van der Waals surface area contributed by atoms with Crippen molar-refractivity contribution in [2.24, 2.45) is 0 Å². The standard InChI is InChI=1S/C21H20O5/c1-13(2)20(23)25-17-7-5-15(6-8-17)19-10-9-18(11-16(19)12-22)26-21(24)14(3)4/h5-11,22H,1,3,12H2,2,4H3. The molecular formula is C21H20O5. The van der Waals surface area contributed by atoms with Crippen LogP contribution in [-0.2, 0) is 16.2 Å². The Kier molecular flexibility index (Phi) is 6.09. The lowest BCUT2D eigenvalue weighted by Gasteiger charge is -2.11. The van der Waals surface area contributed by atoms with Gasteiger partial charge in [0.15, 0.2) is 0 Å². The van der Waals surface area contributed by atoms with Crippen LogP contribution in [0.5, 0.6) is 11.5 Å². The Morgan fingerprint density at radius 2 is 1.38 bits per heavy atom. The van der Waals surface area contributed by atoms with Crippen LogP contribution in [0.25, 0.3) is 11.1 Å². The van der Waals surface area contributed by atoms with E-state index in [9.17, 15) is 14.7 Å². The van der Waals surface area contributed by atoms with Gasteiger partial charge in [-0.25, -0.2) is 9.59 Å². The molecule has 0 aliphatic heterocycles. The highest BCUT2D eigenvalue weighted by atomic mass is 16.5. The lowest BCUT2D eigenvalue weighted by Crippen LogP contribution is -2.08. The first kappa shape index (κ1) is 19.1. The van der Waals surface area contributed by atoms with Crippen LogP contribution in [0.4, 0.5) is 0 Å². The van der Waals surface area contributed by atoms with E-state index in [-0.39, 0.29) is 6.61 Å². The van der Waals surface area contributed by atoms with E-state index >= 15 is 0 Å². The minimum Gasteiger partial charge on any atom is -0.423 e. The molecule has 0 heterocycles. The van der Waals surface area contributed by atoms with E-state index in [4.69, 9.17) is 9.47 Å². The average Bonchev–Trinajstić information content (AvgIpc) is 2.62. The van der Waals surface area contributed by atoms with Gasteiger partial charge in [-0.2, -0.15) is 0 Å². The van der Waals surface area contributed by atoms with Crippen molar-refractivity contribution in [3.63, 3.8) is 0 Å². The van der Waals surface area contributed by atoms with Gasteiger partial charge in [0.25, 0.3) is 0 Å². The van der Waals surface area contributed by atoms with E-state index in [2.05, 4.69) is 13.2 Å². The molecule has 26 heavy (non-hydrogen) atoms. The zero-order valence-electron chi connectivity index (χ0n) is 14.7. The van der Waals surface area contributed by atoms with Crippen LogP contribution in [0.1, 0.15) is 19.4 Å². The number of carbonyl (C=O) groups excluding carboxylic acids is 2. The molecule has 0 spiro atoms. The maximum atomic E-state index is 11.6. The molecule has 0 fully saturated rings. The first-order valence-corrected chi connectivity index (χ1v) is 7.91. The molecule has 0 saturated carbocycles. The summed E-state index contributed by atoms with van der Waals surface area (Å²) in [7, 11) is 0. The van der Waals surface area contributed by atoms with Gasteiger partial charge in [0.05, 0.1) is 6.61 Å². The second kappa shape index (κ2) is 8.27. The van der Waals surface area contributed by atoms with Gasteiger partial charge < -0.3 is 14.6 Å². The Balaban J connectivity index is 2.25. The van der Waals surface area contributed by atoms with Crippen LogP contribution in [0.15, 0.2) is 66.8 Å². The van der Waals surface area contributed by atoms with Crippen LogP contribution in [0.2, 0.25) is 0 Å². The predicted molar refractivity (Wildman–Crippen MR) is 98.7 cm³/mol. The van der Waals surface area contributed by atoms with Crippen molar-refractivity contribution in [2.75, 3.05) is 0 Å². The molecule has 2 rings (SSSR count). The summed E-state index contributed by atoms with van der Waals surface area (Å²) in [4.78, 5) is 23.1. The summed E-state index contributed by atoms with van der Waals surface area (Å²) < 4.78 is 10.3. The fourth-order valence-corrected chi connectivity index (χ4v) is 2.14. The highest BCUT2D eigenvalue weighted by Crippen LogP contribution is 2.29. The SMILES string of the molecule is C=C(C)C(=O)Oc1ccc(-c2ccc(OC(=O)C(=C)C)cc2CO)cc1. The van der Waals surface area contributed by atoms with E-state index in [0.29, 0.717) is 28.2 Å². The third-order valence-corrected chi connectivity index (χ3v) is 3.53. The fourth-order valence-electron chi connectivity index (χ4n) is 2.14. The quantitative estimate of drug-likeness (QED) is 0.486. The minimum absolute atomic E-state index is 0.222. The van der Waals surface area contributed by atoms with Crippen molar-refractivity contribution in [3.8, 4) is 22.6 Å². The van der Waals surface area contributed by atoms with Crippen molar-refractivity contribution >= 4 is 11.9 Å². The van der Waals surface area contributed by atoms with E-state index in [1.807, 2.05) is 0 Å². The molecule has 2 aromatic carbocycles. The Bertz CT molecular complexity index is 862. The number of carbonyl (C=O) groups is 2. The molecule has 0 radical (unpaired) electrons. The number of hydrogen-bond donors (Lipinski definition) is 1. The molecule has 0 aliphatic rings. The number of rotatable bonds is 6. The summed E-state index contributed by atoms with van der Waals surface area (Å²) >= 11 is 0. The topological polar surface area (TPSA) is 72.8 Å². The Morgan fingerprint density at radius 3 is 1.88 bits per heavy atom. The average molecular weight is 352 g/mol. The van der Waals surface area contributed by atoms with Gasteiger partial charge in [0.1, 0.15) is 11.5 Å². The summed E-state index contributed by atoms with van der Waals surface area (Å²) in [5.41, 5.74) is 2.81. The van der Waals surface area contributed by atoms with Crippen molar-refractivity contribution in [2.45, 2.75) is 20.5 Å². The van der Waals surface area contributed by atoms with Gasteiger partial charge in [-0.05, 0) is 54.8 Å². The molecule has 134 valence electrons. The molecule has 0 aromatic heterocycles. The van der Waals surface area contributed by atoms with Gasteiger partial charge in [-0.15, -0.1) is 0 Å². The van der Waals surface area contributed by atoms with Crippen molar-refractivity contribution in [3.05, 3.63) is 72.3 Å². The van der Waals surface area contributed by atoms with Crippen molar-refractivity contribution in [1.29, 1.82) is 0 Å². The molecule has 0 aliphatic carbocycles. The van der Waals surface area contributed by atoms with Crippen LogP contribution >= 0.6 is 0 Å². The van der Waals surface area contributed by atoms with Crippen LogP contribution in [-0.4, -0.2) is 17.0 Å². The molecule has 0 atom stereocenters. The maximum absolute atomic E-state index is 11.6. The zero-order chi connectivity index (χ0) is 19.3. The number of aliphatic hydroxyl groups excluding tert-OH is 1. The van der Waals surface area contributed by atoms with Gasteiger partial charge in [0, 0.05) is 11.1 Å². The lowest BCUT2D eigenvalue weighted by molar-refractivity contribution is -0.130. The van der Waals surface area contributed by atoms with E-state index < -0.39 is 11.9 Å². The van der Waals surface area contributed by atoms with E-state index in [1.54, 1.807) is 56.3 Å². The number of esters is 2.